The SMILES string of the molecule is CCCN(c1nc(OC)ccc1[N+](=O)[O-])C1CCNC1. The molecular weight excluding hydrogens is 260 g/mol. The van der Waals surface area contributed by atoms with Gasteiger partial charge in [-0.2, -0.15) is 4.98 Å². The molecule has 1 unspecified atom stereocenters. The van der Waals surface area contributed by atoms with Gasteiger partial charge < -0.3 is 15.0 Å². The van der Waals surface area contributed by atoms with Crippen molar-refractivity contribution in [3.63, 3.8) is 0 Å². The summed E-state index contributed by atoms with van der Waals surface area (Å²) < 4.78 is 5.10. The van der Waals surface area contributed by atoms with Gasteiger partial charge in [0.25, 0.3) is 0 Å². The van der Waals surface area contributed by atoms with Crippen molar-refractivity contribution in [2.45, 2.75) is 25.8 Å². The molecule has 20 heavy (non-hydrogen) atoms. The first kappa shape index (κ1) is 14.5. The summed E-state index contributed by atoms with van der Waals surface area (Å²) in [6, 6.07) is 3.23. The van der Waals surface area contributed by atoms with Crippen LogP contribution in [-0.2, 0) is 0 Å². The topological polar surface area (TPSA) is 80.5 Å². The standard InChI is InChI=1S/C13H20N4O3/c1-3-8-16(10-6-7-14-9-10)13-11(17(18)19)4-5-12(15-13)20-2/h4-5,10,14H,3,6-9H2,1-2H3. The molecule has 1 aromatic heterocycles. The Kier molecular flexibility index (Phi) is 4.73. The van der Waals surface area contributed by atoms with E-state index in [0.717, 1.165) is 32.5 Å². The lowest BCUT2D eigenvalue weighted by molar-refractivity contribution is -0.384. The molecule has 0 amide bonds. The van der Waals surface area contributed by atoms with Gasteiger partial charge in [-0.25, -0.2) is 0 Å². The number of anilines is 1. The van der Waals surface area contributed by atoms with Crippen molar-refractivity contribution in [1.29, 1.82) is 0 Å². The van der Waals surface area contributed by atoms with E-state index in [1.165, 1.54) is 19.2 Å². The Hall–Kier alpha value is -1.89. The Balaban J connectivity index is 2.41. The maximum atomic E-state index is 11.2. The van der Waals surface area contributed by atoms with Crippen molar-refractivity contribution in [1.82, 2.24) is 10.3 Å². The molecule has 0 spiro atoms. The summed E-state index contributed by atoms with van der Waals surface area (Å²) in [5.41, 5.74) is 0.0335. The lowest BCUT2D eigenvalue weighted by Gasteiger charge is -2.29. The lowest BCUT2D eigenvalue weighted by Crippen LogP contribution is -2.38. The Morgan fingerprint density at radius 2 is 2.40 bits per heavy atom. The number of methoxy groups -OCH3 is 1. The van der Waals surface area contributed by atoms with Gasteiger partial charge in [0.05, 0.1) is 12.0 Å². The fourth-order valence-electron chi connectivity index (χ4n) is 2.50. The molecule has 0 aromatic carbocycles. The summed E-state index contributed by atoms with van der Waals surface area (Å²) in [7, 11) is 1.51. The molecule has 1 saturated heterocycles. The van der Waals surface area contributed by atoms with Crippen molar-refractivity contribution in [3.8, 4) is 5.88 Å². The highest BCUT2D eigenvalue weighted by atomic mass is 16.6. The molecule has 2 heterocycles. The van der Waals surface area contributed by atoms with Crippen LogP contribution in [0.5, 0.6) is 5.88 Å². The number of pyridine rings is 1. The van der Waals surface area contributed by atoms with Crippen LogP contribution >= 0.6 is 0 Å². The van der Waals surface area contributed by atoms with Crippen molar-refractivity contribution in [2.24, 2.45) is 0 Å². The third kappa shape index (κ3) is 2.98. The van der Waals surface area contributed by atoms with Gasteiger partial charge in [-0.1, -0.05) is 6.92 Å². The van der Waals surface area contributed by atoms with Crippen molar-refractivity contribution >= 4 is 11.5 Å². The summed E-state index contributed by atoms with van der Waals surface area (Å²) in [6.45, 7) is 4.56. The van der Waals surface area contributed by atoms with Gasteiger partial charge in [0, 0.05) is 31.3 Å². The van der Waals surface area contributed by atoms with Crippen LogP contribution in [0.2, 0.25) is 0 Å². The van der Waals surface area contributed by atoms with E-state index in [-0.39, 0.29) is 16.7 Å². The minimum atomic E-state index is -0.382. The van der Waals surface area contributed by atoms with E-state index < -0.39 is 0 Å². The molecule has 110 valence electrons. The monoisotopic (exact) mass is 280 g/mol. The zero-order chi connectivity index (χ0) is 14.5. The van der Waals surface area contributed by atoms with E-state index in [0.29, 0.717) is 11.7 Å². The predicted molar refractivity (Wildman–Crippen MR) is 76.4 cm³/mol. The molecule has 0 bridgehead atoms. The summed E-state index contributed by atoms with van der Waals surface area (Å²) in [5, 5.41) is 14.5. The summed E-state index contributed by atoms with van der Waals surface area (Å²) in [6.07, 6.45) is 1.88. The van der Waals surface area contributed by atoms with Gasteiger partial charge in [-0.15, -0.1) is 0 Å². The Morgan fingerprint density at radius 1 is 1.60 bits per heavy atom. The highest BCUT2D eigenvalue weighted by Gasteiger charge is 2.29. The molecule has 1 aliphatic rings. The van der Waals surface area contributed by atoms with Crippen molar-refractivity contribution < 1.29 is 9.66 Å². The molecular formula is C13H20N4O3. The van der Waals surface area contributed by atoms with E-state index in [9.17, 15) is 10.1 Å². The second-order valence-electron chi connectivity index (χ2n) is 4.79. The normalized spacial score (nSPS) is 18.0. The summed E-state index contributed by atoms with van der Waals surface area (Å²) in [4.78, 5) is 17.2. The smallest absolute Gasteiger partial charge is 0.311 e. The first-order valence-corrected chi connectivity index (χ1v) is 6.84. The summed E-state index contributed by atoms with van der Waals surface area (Å²) >= 11 is 0. The van der Waals surface area contributed by atoms with Gasteiger partial charge in [0.1, 0.15) is 0 Å². The van der Waals surface area contributed by atoms with Crippen LogP contribution in [0, 0.1) is 10.1 Å². The second kappa shape index (κ2) is 6.51. The highest BCUT2D eigenvalue weighted by molar-refractivity contribution is 5.59. The molecule has 7 nitrogen and oxygen atoms in total. The third-order valence-electron chi connectivity index (χ3n) is 3.45. The fourth-order valence-corrected chi connectivity index (χ4v) is 2.50. The Bertz CT molecular complexity index is 475. The minimum absolute atomic E-state index is 0.0335. The zero-order valence-electron chi connectivity index (χ0n) is 11.8. The average Bonchev–Trinajstić information content (AvgIpc) is 2.97. The maximum Gasteiger partial charge on any atom is 0.311 e. The number of aromatic nitrogens is 1. The van der Waals surface area contributed by atoms with Crippen LogP contribution in [-0.4, -0.2) is 42.7 Å². The first-order chi connectivity index (χ1) is 9.67. The number of ether oxygens (including phenoxy) is 1. The lowest BCUT2D eigenvalue weighted by atomic mass is 10.2. The third-order valence-corrected chi connectivity index (χ3v) is 3.45. The molecule has 1 N–H and O–H groups in total. The van der Waals surface area contributed by atoms with Crippen LogP contribution in [0.25, 0.3) is 0 Å². The van der Waals surface area contributed by atoms with Gasteiger partial charge in [-0.05, 0) is 19.4 Å². The molecule has 2 rings (SSSR count). The number of nitrogens with zero attached hydrogens (tertiary/aromatic N) is 3. The van der Waals surface area contributed by atoms with Crippen LogP contribution in [0.4, 0.5) is 11.5 Å². The van der Waals surface area contributed by atoms with Gasteiger partial charge in [0.15, 0.2) is 0 Å². The molecule has 7 heteroatoms. The molecule has 1 aliphatic heterocycles. The fraction of sp³-hybridized carbons (Fsp3) is 0.615. The number of nitrogens with one attached hydrogen (secondary N) is 1. The van der Waals surface area contributed by atoms with E-state index >= 15 is 0 Å². The molecule has 0 saturated carbocycles. The van der Waals surface area contributed by atoms with Crippen LogP contribution in [0.1, 0.15) is 19.8 Å². The number of rotatable bonds is 6. The molecule has 0 radical (unpaired) electrons. The number of hydrogen-bond acceptors (Lipinski definition) is 6. The summed E-state index contributed by atoms with van der Waals surface area (Å²) in [5.74, 6) is 0.808. The van der Waals surface area contributed by atoms with Crippen LogP contribution in [0.15, 0.2) is 12.1 Å². The number of hydrogen-bond donors (Lipinski definition) is 1. The molecule has 1 atom stereocenters. The molecule has 1 fully saturated rings. The van der Waals surface area contributed by atoms with E-state index in [1.54, 1.807) is 0 Å². The number of nitro groups is 1. The Labute approximate surface area is 118 Å². The largest absolute Gasteiger partial charge is 0.481 e. The van der Waals surface area contributed by atoms with Crippen molar-refractivity contribution in [3.05, 3.63) is 22.2 Å². The quantitative estimate of drug-likeness (QED) is 0.629. The average molecular weight is 280 g/mol. The molecule has 0 aliphatic carbocycles. The second-order valence-corrected chi connectivity index (χ2v) is 4.79. The first-order valence-electron chi connectivity index (χ1n) is 6.84. The molecule has 1 aromatic rings. The van der Waals surface area contributed by atoms with Gasteiger partial charge >= 0.3 is 5.69 Å². The maximum absolute atomic E-state index is 11.2. The van der Waals surface area contributed by atoms with E-state index in [2.05, 4.69) is 17.2 Å². The highest BCUT2D eigenvalue weighted by Crippen LogP contribution is 2.31. The van der Waals surface area contributed by atoms with E-state index in [1.807, 2.05) is 4.90 Å². The minimum Gasteiger partial charge on any atom is -0.481 e. The van der Waals surface area contributed by atoms with Crippen LogP contribution < -0.4 is 15.0 Å². The Morgan fingerprint density at radius 3 is 2.95 bits per heavy atom. The van der Waals surface area contributed by atoms with E-state index in [4.69, 9.17) is 4.74 Å². The zero-order valence-corrected chi connectivity index (χ0v) is 11.8. The van der Waals surface area contributed by atoms with Gasteiger partial charge in [-0.3, -0.25) is 10.1 Å². The van der Waals surface area contributed by atoms with Crippen LogP contribution in [0.3, 0.4) is 0 Å². The van der Waals surface area contributed by atoms with Gasteiger partial charge in [0.2, 0.25) is 11.7 Å². The van der Waals surface area contributed by atoms with Crippen molar-refractivity contribution in [2.75, 3.05) is 31.6 Å². The predicted octanol–water partition coefficient (Wildman–Crippen LogP) is 1.58.